The zero-order valence-corrected chi connectivity index (χ0v) is 10.8. The van der Waals surface area contributed by atoms with Crippen LogP contribution < -0.4 is 0 Å². The molecule has 0 aliphatic rings. The molecule has 6 heteroatoms. The minimum atomic E-state index is -0.543. The van der Waals surface area contributed by atoms with Crippen LogP contribution >= 0.6 is 0 Å². The third kappa shape index (κ3) is 3.03. The van der Waals surface area contributed by atoms with Crippen LogP contribution in [0.15, 0.2) is 34.7 Å². The van der Waals surface area contributed by atoms with Crippen LogP contribution in [0.1, 0.15) is 23.3 Å². The number of aromatic hydroxyl groups is 1. The number of aromatic nitrogens is 1. The van der Waals surface area contributed by atoms with Crippen molar-refractivity contribution in [3.63, 3.8) is 0 Å². The topological polar surface area (TPSA) is 89.6 Å². The Bertz CT molecular complexity index is 618. The molecule has 0 saturated carbocycles. The highest BCUT2D eigenvalue weighted by molar-refractivity contribution is 5.97. The summed E-state index contributed by atoms with van der Waals surface area (Å²) in [6.07, 6.45) is -0.163. The van der Waals surface area contributed by atoms with Gasteiger partial charge in [-0.2, -0.15) is 0 Å². The Labute approximate surface area is 115 Å². The summed E-state index contributed by atoms with van der Waals surface area (Å²) in [6.45, 7) is 0. The fraction of sp³-hybridized carbons (Fsp3) is 0.214. The number of methoxy groups -OCH3 is 1. The first-order chi connectivity index (χ1) is 9.61. The van der Waals surface area contributed by atoms with Crippen LogP contribution in [-0.4, -0.2) is 29.0 Å². The summed E-state index contributed by atoms with van der Waals surface area (Å²) in [4.78, 5) is 26.8. The third-order valence-corrected chi connectivity index (χ3v) is 2.68. The monoisotopic (exact) mass is 275 g/mol. The average molecular weight is 275 g/mol. The molecule has 104 valence electrons. The van der Waals surface area contributed by atoms with Crippen molar-refractivity contribution in [2.45, 2.75) is 12.8 Å². The first-order valence-electron chi connectivity index (χ1n) is 5.97. The molecule has 0 saturated heterocycles. The molecule has 0 amide bonds. The van der Waals surface area contributed by atoms with Crippen LogP contribution in [0.3, 0.4) is 0 Å². The highest BCUT2D eigenvalue weighted by Gasteiger charge is 2.21. The summed E-state index contributed by atoms with van der Waals surface area (Å²) < 4.78 is 9.51. The molecule has 0 spiro atoms. The Kier molecular flexibility index (Phi) is 4.14. The van der Waals surface area contributed by atoms with E-state index >= 15 is 0 Å². The summed E-state index contributed by atoms with van der Waals surface area (Å²) in [7, 11) is 1.24. The van der Waals surface area contributed by atoms with Crippen molar-refractivity contribution < 1.29 is 23.8 Å². The molecule has 1 heterocycles. The quantitative estimate of drug-likeness (QED) is 0.664. The number of hydrogen-bond acceptors (Lipinski definition) is 6. The number of Topliss-reactive ketones (excluding diaryl/α,β-unsaturated/α-hetero) is 1. The third-order valence-electron chi connectivity index (χ3n) is 2.68. The summed E-state index contributed by atoms with van der Waals surface area (Å²) in [5.41, 5.74) is 0.475. The van der Waals surface area contributed by atoms with Gasteiger partial charge in [0.15, 0.2) is 11.5 Å². The molecule has 0 aliphatic carbocycles. The van der Waals surface area contributed by atoms with E-state index in [2.05, 4.69) is 9.72 Å². The van der Waals surface area contributed by atoms with E-state index in [1.54, 1.807) is 24.3 Å². The lowest BCUT2D eigenvalue weighted by Gasteiger charge is -1.96. The maximum absolute atomic E-state index is 11.8. The van der Waals surface area contributed by atoms with Crippen molar-refractivity contribution in [1.29, 1.82) is 0 Å². The van der Waals surface area contributed by atoms with Crippen LogP contribution in [0.4, 0.5) is 0 Å². The van der Waals surface area contributed by atoms with Crippen molar-refractivity contribution in [1.82, 2.24) is 4.98 Å². The summed E-state index contributed by atoms with van der Waals surface area (Å²) >= 11 is 0. The Morgan fingerprint density at radius 3 is 2.60 bits per heavy atom. The lowest BCUT2D eigenvalue weighted by atomic mass is 10.2. The number of rotatable bonds is 5. The SMILES string of the molecule is COC(=O)CCC(=O)c1nc(-c2ccccc2)oc1O. The normalized spacial score (nSPS) is 10.2. The van der Waals surface area contributed by atoms with Gasteiger partial charge in [0.25, 0.3) is 0 Å². The van der Waals surface area contributed by atoms with Gasteiger partial charge in [0.2, 0.25) is 5.89 Å². The fourth-order valence-electron chi connectivity index (χ4n) is 1.63. The van der Waals surface area contributed by atoms with Gasteiger partial charge in [-0.3, -0.25) is 9.59 Å². The van der Waals surface area contributed by atoms with Crippen molar-refractivity contribution in [2.24, 2.45) is 0 Å². The van der Waals surface area contributed by atoms with Crippen LogP contribution in [0.2, 0.25) is 0 Å². The first-order valence-corrected chi connectivity index (χ1v) is 5.97. The highest BCUT2D eigenvalue weighted by atomic mass is 16.5. The van der Waals surface area contributed by atoms with Gasteiger partial charge in [-0.25, -0.2) is 4.98 Å². The predicted molar refractivity (Wildman–Crippen MR) is 69.2 cm³/mol. The van der Waals surface area contributed by atoms with Crippen molar-refractivity contribution in [3.05, 3.63) is 36.0 Å². The van der Waals surface area contributed by atoms with Gasteiger partial charge < -0.3 is 14.3 Å². The second-order valence-electron chi connectivity index (χ2n) is 4.04. The smallest absolute Gasteiger partial charge is 0.314 e. The van der Waals surface area contributed by atoms with Crippen molar-refractivity contribution in [2.75, 3.05) is 7.11 Å². The van der Waals surface area contributed by atoms with Crippen LogP contribution in [-0.2, 0) is 9.53 Å². The number of nitrogens with zero attached hydrogens (tertiary/aromatic N) is 1. The number of ketones is 1. The Morgan fingerprint density at radius 2 is 1.95 bits per heavy atom. The lowest BCUT2D eigenvalue weighted by molar-refractivity contribution is -0.140. The fourth-order valence-corrected chi connectivity index (χ4v) is 1.63. The standard InChI is InChI=1S/C14H13NO5/c1-19-11(17)8-7-10(16)12-14(18)20-13(15-12)9-5-3-2-4-6-9/h2-6,18H,7-8H2,1H3. The second-order valence-corrected chi connectivity index (χ2v) is 4.04. The van der Waals surface area contributed by atoms with Gasteiger partial charge in [-0.15, -0.1) is 0 Å². The van der Waals surface area contributed by atoms with E-state index in [1.165, 1.54) is 7.11 Å². The number of oxazole rings is 1. The van der Waals surface area contributed by atoms with Crippen molar-refractivity contribution >= 4 is 11.8 Å². The van der Waals surface area contributed by atoms with Gasteiger partial charge in [0.05, 0.1) is 13.5 Å². The molecule has 1 aromatic heterocycles. The number of ether oxygens (including phenoxy) is 1. The van der Waals surface area contributed by atoms with E-state index in [0.717, 1.165) is 0 Å². The Balaban J connectivity index is 2.15. The number of carbonyl (C=O) groups excluding carboxylic acids is 2. The molecule has 0 fully saturated rings. The first kappa shape index (κ1) is 13.8. The largest absolute Gasteiger partial charge is 0.479 e. The van der Waals surface area contributed by atoms with Gasteiger partial charge in [0.1, 0.15) is 0 Å². The van der Waals surface area contributed by atoms with E-state index in [1.807, 2.05) is 6.07 Å². The number of hydrogen-bond donors (Lipinski definition) is 1. The predicted octanol–water partition coefficient (Wildman–Crippen LogP) is 2.18. The minimum Gasteiger partial charge on any atom is -0.479 e. The Morgan fingerprint density at radius 1 is 1.25 bits per heavy atom. The van der Waals surface area contributed by atoms with E-state index in [-0.39, 0.29) is 24.4 Å². The molecule has 6 nitrogen and oxygen atoms in total. The molecule has 0 atom stereocenters. The molecule has 2 rings (SSSR count). The lowest BCUT2D eigenvalue weighted by Crippen LogP contribution is -2.06. The number of carbonyl (C=O) groups is 2. The summed E-state index contributed by atoms with van der Waals surface area (Å²) in [5.74, 6) is -1.35. The molecule has 2 aromatic rings. The average Bonchev–Trinajstić information content (AvgIpc) is 2.87. The molecule has 0 bridgehead atoms. The summed E-state index contributed by atoms with van der Waals surface area (Å²) in [5, 5.41) is 9.62. The van der Waals surface area contributed by atoms with Crippen LogP contribution in [0.25, 0.3) is 11.5 Å². The van der Waals surface area contributed by atoms with Crippen LogP contribution in [0, 0.1) is 0 Å². The van der Waals surface area contributed by atoms with E-state index in [9.17, 15) is 14.7 Å². The molecule has 0 unspecified atom stereocenters. The van der Waals surface area contributed by atoms with E-state index in [0.29, 0.717) is 5.56 Å². The summed E-state index contributed by atoms with van der Waals surface area (Å²) in [6, 6.07) is 8.89. The van der Waals surface area contributed by atoms with Gasteiger partial charge >= 0.3 is 11.9 Å². The minimum absolute atomic E-state index is 0.0672. The Hall–Kier alpha value is -2.63. The maximum Gasteiger partial charge on any atom is 0.314 e. The molecule has 20 heavy (non-hydrogen) atoms. The number of benzene rings is 1. The molecule has 1 aromatic carbocycles. The van der Waals surface area contributed by atoms with Gasteiger partial charge in [-0.05, 0) is 12.1 Å². The molecule has 0 aliphatic heterocycles. The zero-order chi connectivity index (χ0) is 14.5. The second kappa shape index (κ2) is 6.01. The molecule has 1 N–H and O–H groups in total. The van der Waals surface area contributed by atoms with Crippen molar-refractivity contribution in [3.8, 4) is 17.4 Å². The van der Waals surface area contributed by atoms with E-state index in [4.69, 9.17) is 4.42 Å². The molecule has 0 radical (unpaired) electrons. The molecular formula is C14H13NO5. The van der Waals surface area contributed by atoms with Crippen LogP contribution in [0.5, 0.6) is 5.95 Å². The number of esters is 1. The molecular weight excluding hydrogens is 262 g/mol. The van der Waals surface area contributed by atoms with Gasteiger partial charge in [-0.1, -0.05) is 18.2 Å². The van der Waals surface area contributed by atoms with Gasteiger partial charge in [0, 0.05) is 12.0 Å². The van der Waals surface area contributed by atoms with E-state index < -0.39 is 17.7 Å². The maximum atomic E-state index is 11.8. The highest BCUT2D eigenvalue weighted by Crippen LogP contribution is 2.27. The zero-order valence-electron chi connectivity index (χ0n) is 10.8.